The number of hydrogen-bond acceptors (Lipinski definition) is 1. The van der Waals surface area contributed by atoms with E-state index >= 15 is 0 Å². The smallest absolute Gasteiger partial charge is 0.283 e. The van der Waals surface area contributed by atoms with Crippen LogP contribution in [-0.4, -0.2) is 14.6 Å². The van der Waals surface area contributed by atoms with Crippen LogP contribution in [0.15, 0.2) is 104 Å². The van der Waals surface area contributed by atoms with Crippen molar-refractivity contribution < 1.29 is 4.43 Å². The molecule has 0 N–H and O–H groups in total. The number of benzene rings is 3. The highest BCUT2D eigenvalue weighted by Gasteiger charge is 2.34. The van der Waals surface area contributed by atoms with Crippen LogP contribution in [0.25, 0.3) is 0 Å². The molecular formula is C24H25OSi. The molecule has 0 bridgehead atoms. The summed E-state index contributed by atoms with van der Waals surface area (Å²) in [7, 11) is -1.37. The van der Waals surface area contributed by atoms with Gasteiger partial charge in [0, 0.05) is 5.92 Å². The maximum absolute atomic E-state index is 6.85. The van der Waals surface area contributed by atoms with Crippen LogP contribution in [0.4, 0.5) is 0 Å². The lowest BCUT2D eigenvalue weighted by atomic mass is 9.85. The summed E-state index contributed by atoms with van der Waals surface area (Å²) in [5, 5.41) is 2.51. The van der Waals surface area contributed by atoms with Gasteiger partial charge in [-0.15, -0.1) is 6.58 Å². The summed E-state index contributed by atoms with van der Waals surface area (Å²) in [6.45, 7) is 8.43. The third-order valence-corrected chi connectivity index (χ3v) is 7.03. The van der Waals surface area contributed by atoms with Gasteiger partial charge >= 0.3 is 0 Å². The van der Waals surface area contributed by atoms with E-state index in [2.05, 4.69) is 105 Å². The summed E-state index contributed by atoms with van der Waals surface area (Å²) in [6.07, 6.45) is 2.00. The first kappa shape index (κ1) is 18.4. The second-order valence-electron chi connectivity index (χ2n) is 6.89. The highest BCUT2D eigenvalue weighted by Crippen LogP contribution is 2.32. The summed E-state index contributed by atoms with van der Waals surface area (Å²) in [5.74, 6) is 0.121. The lowest BCUT2D eigenvalue weighted by Gasteiger charge is -2.36. The Bertz CT molecular complexity index is 773. The van der Waals surface area contributed by atoms with Gasteiger partial charge in [-0.25, -0.2) is 0 Å². The average Bonchev–Trinajstić information content (AvgIpc) is 2.69. The Hall–Kier alpha value is -2.42. The van der Waals surface area contributed by atoms with Crippen molar-refractivity contribution in [2.24, 2.45) is 0 Å². The predicted octanol–water partition coefficient (Wildman–Crippen LogP) is 4.56. The third kappa shape index (κ3) is 4.21. The SMILES string of the molecule is C=CC(c1ccccc1)C(C)(C)O[Si](c1ccccc1)c1ccccc1. The van der Waals surface area contributed by atoms with Crippen LogP contribution in [0, 0.1) is 0 Å². The van der Waals surface area contributed by atoms with Crippen molar-refractivity contribution in [2.75, 3.05) is 0 Å². The highest BCUT2D eigenvalue weighted by atomic mass is 28.3. The van der Waals surface area contributed by atoms with Crippen molar-refractivity contribution in [2.45, 2.75) is 25.4 Å². The van der Waals surface area contributed by atoms with Gasteiger partial charge < -0.3 is 4.43 Å². The summed E-state index contributed by atoms with van der Waals surface area (Å²) < 4.78 is 6.85. The van der Waals surface area contributed by atoms with Crippen molar-refractivity contribution in [3.63, 3.8) is 0 Å². The lowest BCUT2D eigenvalue weighted by molar-refractivity contribution is 0.0973. The number of hydrogen-bond donors (Lipinski definition) is 0. The fourth-order valence-corrected chi connectivity index (χ4v) is 5.48. The first-order valence-electron chi connectivity index (χ1n) is 8.96. The first-order valence-corrected chi connectivity index (χ1v) is 10.4. The van der Waals surface area contributed by atoms with Crippen LogP contribution < -0.4 is 10.4 Å². The van der Waals surface area contributed by atoms with Gasteiger partial charge in [0.25, 0.3) is 9.04 Å². The number of rotatable bonds is 7. The van der Waals surface area contributed by atoms with Crippen LogP contribution in [0.5, 0.6) is 0 Å². The highest BCUT2D eigenvalue weighted by molar-refractivity contribution is 6.80. The molecule has 1 radical (unpaired) electrons. The van der Waals surface area contributed by atoms with E-state index in [1.807, 2.05) is 12.1 Å². The molecule has 1 unspecified atom stereocenters. The minimum Gasteiger partial charge on any atom is -0.401 e. The molecule has 0 aromatic heterocycles. The van der Waals surface area contributed by atoms with Crippen molar-refractivity contribution in [3.8, 4) is 0 Å². The van der Waals surface area contributed by atoms with Crippen LogP contribution in [0.3, 0.4) is 0 Å². The molecule has 0 aliphatic heterocycles. The molecule has 0 aliphatic rings. The maximum atomic E-state index is 6.85. The summed E-state index contributed by atoms with van der Waals surface area (Å²) >= 11 is 0. The molecule has 0 saturated heterocycles. The molecule has 3 aromatic rings. The van der Waals surface area contributed by atoms with E-state index in [1.54, 1.807) is 0 Å². The molecule has 0 amide bonds. The molecular weight excluding hydrogens is 332 g/mol. The Labute approximate surface area is 158 Å². The molecule has 1 nitrogen and oxygen atoms in total. The molecule has 0 saturated carbocycles. The zero-order chi connectivity index (χ0) is 18.4. The quantitative estimate of drug-likeness (QED) is 0.445. The van der Waals surface area contributed by atoms with Gasteiger partial charge in [0.05, 0.1) is 5.60 Å². The van der Waals surface area contributed by atoms with E-state index in [4.69, 9.17) is 4.43 Å². The molecule has 131 valence electrons. The van der Waals surface area contributed by atoms with E-state index in [1.165, 1.54) is 15.9 Å². The Morgan fingerprint density at radius 3 is 1.62 bits per heavy atom. The molecule has 0 spiro atoms. The van der Waals surface area contributed by atoms with Crippen LogP contribution >= 0.6 is 0 Å². The van der Waals surface area contributed by atoms with E-state index < -0.39 is 9.04 Å². The normalized spacial score (nSPS) is 12.7. The average molecular weight is 358 g/mol. The molecule has 3 aromatic carbocycles. The van der Waals surface area contributed by atoms with Gasteiger partial charge in [0.1, 0.15) is 0 Å². The summed E-state index contributed by atoms with van der Waals surface area (Å²) in [6, 6.07) is 31.6. The first-order chi connectivity index (χ1) is 12.6. The van der Waals surface area contributed by atoms with Gasteiger partial charge in [-0.1, -0.05) is 97.1 Å². The van der Waals surface area contributed by atoms with Crippen molar-refractivity contribution >= 4 is 19.4 Å². The topological polar surface area (TPSA) is 9.23 Å². The fraction of sp³-hybridized carbons (Fsp3) is 0.167. The maximum Gasteiger partial charge on any atom is 0.283 e. The lowest BCUT2D eigenvalue weighted by Crippen LogP contribution is -2.51. The van der Waals surface area contributed by atoms with Gasteiger partial charge in [-0.2, -0.15) is 0 Å². The second kappa shape index (κ2) is 8.30. The van der Waals surface area contributed by atoms with Crippen LogP contribution in [0.2, 0.25) is 0 Å². The van der Waals surface area contributed by atoms with Gasteiger partial charge in [0.2, 0.25) is 0 Å². The monoisotopic (exact) mass is 357 g/mol. The predicted molar refractivity (Wildman–Crippen MR) is 112 cm³/mol. The van der Waals surface area contributed by atoms with Gasteiger partial charge in [0.15, 0.2) is 0 Å². The molecule has 0 fully saturated rings. The molecule has 2 heteroatoms. The van der Waals surface area contributed by atoms with E-state index in [0.29, 0.717) is 0 Å². The Morgan fingerprint density at radius 1 is 0.769 bits per heavy atom. The molecule has 3 rings (SSSR count). The van der Waals surface area contributed by atoms with E-state index in [-0.39, 0.29) is 11.5 Å². The minimum atomic E-state index is -1.37. The van der Waals surface area contributed by atoms with Crippen LogP contribution in [-0.2, 0) is 4.43 Å². The zero-order valence-electron chi connectivity index (χ0n) is 15.4. The molecule has 26 heavy (non-hydrogen) atoms. The zero-order valence-corrected chi connectivity index (χ0v) is 16.4. The fourth-order valence-electron chi connectivity index (χ4n) is 3.27. The molecule has 0 aliphatic carbocycles. The van der Waals surface area contributed by atoms with Crippen molar-refractivity contribution in [3.05, 3.63) is 109 Å². The Kier molecular flexibility index (Phi) is 5.87. The second-order valence-corrected chi connectivity index (χ2v) is 8.91. The largest absolute Gasteiger partial charge is 0.401 e. The van der Waals surface area contributed by atoms with E-state index in [0.717, 1.165) is 0 Å². The van der Waals surface area contributed by atoms with Crippen molar-refractivity contribution in [1.29, 1.82) is 0 Å². The summed E-state index contributed by atoms with van der Waals surface area (Å²) in [4.78, 5) is 0. The van der Waals surface area contributed by atoms with E-state index in [9.17, 15) is 0 Å². The van der Waals surface area contributed by atoms with Crippen LogP contribution in [0.1, 0.15) is 25.3 Å². The Morgan fingerprint density at radius 2 is 1.19 bits per heavy atom. The summed E-state index contributed by atoms with van der Waals surface area (Å²) in [5.41, 5.74) is 0.860. The third-order valence-electron chi connectivity index (χ3n) is 4.58. The van der Waals surface area contributed by atoms with Gasteiger partial charge in [-0.3, -0.25) is 0 Å². The molecule has 0 heterocycles. The standard InChI is InChI=1S/C24H25OSi/c1-4-23(20-14-8-5-9-15-20)24(2,3)25-26(21-16-10-6-11-17-21)22-18-12-7-13-19-22/h4-19,23H,1H2,2-3H3. The Balaban J connectivity index is 1.96. The van der Waals surface area contributed by atoms with Crippen molar-refractivity contribution in [1.82, 2.24) is 0 Å². The van der Waals surface area contributed by atoms with Gasteiger partial charge in [-0.05, 0) is 29.8 Å². The minimum absolute atomic E-state index is 0.121. The molecule has 1 atom stereocenters.